The molecule has 9 heteroatoms. The molecule has 0 bridgehead atoms. The molecule has 0 aromatic heterocycles. The van der Waals surface area contributed by atoms with Crippen molar-refractivity contribution >= 4 is 40.9 Å². The van der Waals surface area contributed by atoms with Crippen LogP contribution < -0.4 is 4.90 Å². The molecule has 2 aromatic rings. The topological polar surface area (TPSA) is 118 Å². The van der Waals surface area contributed by atoms with Gasteiger partial charge in [0.15, 0.2) is 0 Å². The number of amides is 2. The highest BCUT2D eigenvalue weighted by Crippen LogP contribution is 2.35. The molecule has 0 aliphatic carbocycles. The number of benzene rings is 2. The molecule has 1 saturated heterocycles. The summed E-state index contributed by atoms with van der Waals surface area (Å²) in [6.07, 6.45) is -0.0750. The first-order valence-electron chi connectivity index (χ1n) is 7.48. The van der Waals surface area contributed by atoms with Gasteiger partial charge in [-0.1, -0.05) is 12.1 Å². The summed E-state index contributed by atoms with van der Waals surface area (Å²) in [5, 5.41) is 19.2. The maximum absolute atomic E-state index is 12.6. The number of aromatic carboxylic acids is 1. The number of nitrogens with zero attached hydrogens (tertiary/aromatic N) is 2. The zero-order valence-corrected chi connectivity index (χ0v) is 14.0. The molecule has 1 unspecified atom stereocenters. The van der Waals surface area contributed by atoms with Gasteiger partial charge in [-0.2, -0.15) is 0 Å². The first kappa shape index (κ1) is 17.6. The molecule has 2 amide bonds. The Hall–Kier alpha value is -3.20. The Labute approximate surface area is 151 Å². The van der Waals surface area contributed by atoms with Crippen molar-refractivity contribution in [3.8, 4) is 0 Å². The van der Waals surface area contributed by atoms with Crippen molar-refractivity contribution in [1.29, 1.82) is 0 Å². The van der Waals surface area contributed by atoms with Crippen molar-refractivity contribution < 1.29 is 24.4 Å². The van der Waals surface area contributed by atoms with E-state index in [1.54, 1.807) is 18.2 Å². The molecule has 0 spiro atoms. The van der Waals surface area contributed by atoms with E-state index in [4.69, 9.17) is 0 Å². The van der Waals surface area contributed by atoms with Crippen LogP contribution in [-0.2, 0) is 9.59 Å². The number of hydrogen-bond donors (Lipinski definition) is 1. The highest BCUT2D eigenvalue weighted by molar-refractivity contribution is 8.00. The van der Waals surface area contributed by atoms with Gasteiger partial charge in [0, 0.05) is 23.4 Å². The number of anilines is 1. The molecule has 0 radical (unpaired) electrons. The van der Waals surface area contributed by atoms with E-state index in [0.29, 0.717) is 4.90 Å². The zero-order chi connectivity index (χ0) is 18.8. The van der Waals surface area contributed by atoms with Crippen molar-refractivity contribution in [3.63, 3.8) is 0 Å². The van der Waals surface area contributed by atoms with Crippen molar-refractivity contribution in [2.45, 2.75) is 16.6 Å². The maximum Gasteiger partial charge on any atom is 0.336 e. The number of carboxylic acids is 1. The summed E-state index contributed by atoms with van der Waals surface area (Å²) in [6, 6.07) is 11.4. The molecule has 3 rings (SSSR count). The van der Waals surface area contributed by atoms with Crippen LogP contribution in [0.25, 0.3) is 0 Å². The van der Waals surface area contributed by atoms with E-state index in [0.717, 1.165) is 16.7 Å². The number of non-ortho nitro benzene ring substituents is 1. The predicted octanol–water partition coefficient (Wildman–Crippen LogP) is 2.72. The molecule has 1 heterocycles. The Kier molecular flexibility index (Phi) is 4.72. The van der Waals surface area contributed by atoms with Gasteiger partial charge < -0.3 is 5.11 Å². The summed E-state index contributed by atoms with van der Waals surface area (Å²) >= 11 is 1.02. The van der Waals surface area contributed by atoms with Crippen molar-refractivity contribution in [2.24, 2.45) is 0 Å². The summed E-state index contributed by atoms with van der Waals surface area (Å²) < 4.78 is 0. The summed E-state index contributed by atoms with van der Waals surface area (Å²) in [7, 11) is 0. The lowest BCUT2D eigenvalue weighted by Crippen LogP contribution is -2.31. The smallest absolute Gasteiger partial charge is 0.336 e. The number of carboxylic acid groups (broad SMARTS) is 1. The number of thioether (sulfide) groups is 1. The van der Waals surface area contributed by atoms with Gasteiger partial charge in [0.2, 0.25) is 11.8 Å². The third-order valence-corrected chi connectivity index (χ3v) is 5.07. The lowest BCUT2D eigenvalue weighted by atomic mass is 10.2. The maximum atomic E-state index is 12.6. The van der Waals surface area contributed by atoms with Crippen LogP contribution in [0.2, 0.25) is 0 Å². The van der Waals surface area contributed by atoms with Crippen LogP contribution in [0.5, 0.6) is 0 Å². The Balaban J connectivity index is 1.83. The molecular formula is C17H12N2O6S. The van der Waals surface area contributed by atoms with Gasteiger partial charge in [-0.05, 0) is 24.3 Å². The van der Waals surface area contributed by atoms with Crippen LogP contribution in [0.3, 0.4) is 0 Å². The lowest BCUT2D eigenvalue weighted by molar-refractivity contribution is -0.384. The quantitative estimate of drug-likeness (QED) is 0.487. The Morgan fingerprint density at radius 1 is 1.15 bits per heavy atom. The SMILES string of the molecule is O=C(O)c1ccccc1SC1CC(=O)N(c2ccc([N+](=O)[O-])cc2)C1=O. The van der Waals surface area contributed by atoms with Crippen LogP contribution in [0.4, 0.5) is 11.4 Å². The Bertz CT molecular complexity index is 912. The van der Waals surface area contributed by atoms with Crippen LogP contribution in [0.1, 0.15) is 16.8 Å². The zero-order valence-electron chi connectivity index (χ0n) is 13.2. The van der Waals surface area contributed by atoms with Crippen molar-refractivity contribution in [3.05, 3.63) is 64.2 Å². The number of rotatable bonds is 5. The molecule has 1 N–H and O–H groups in total. The minimum Gasteiger partial charge on any atom is -0.478 e. The molecule has 1 aliphatic rings. The van der Waals surface area contributed by atoms with Gasteiger partial charge in [0.25, 0.3) is 5.69 Å². The largest absolute Gasteiger partial charge is 0.478 e. The Morgan fingerprint density at radius 2 is 1.81 bits per heavy atom. The fraction of sp³-hybridized carbons (Fsp3) is 0.118. The minimum absolute atomic E-state index is 0.0616. The Morgan fingerprint density at radius 3 is 2.42 bits per heavy atom. The van der Waals surface area contributed by atoms with Gasteiger partial charge in [-0.3, -0.25) is 19.7 Å². The number of nitro groups is 1. The first-order valence-corrected chi connectivity index (χ1v) is 8.36. The summed E-state index contributed by atoms with van der Waals surface area (Å²) in [5.41, 5.74) is 0.168. The highest BCUT2D eigenvalue weighted by Gasteiger charge is 2.40. The molecule has 0 saturated carbocycles. The number of carbonyl (C=O) groups excluding carboxylic acids is 2. The lowest BCUT2D eigenvalue weighted by Gasteiger charge is -2.15. The van der Waals surface area contributed by atoms with E-state index in [-0.39, 0.29) is 23.4 Å². The molecular weight excluding hydrogens is 360 g/mol. The second-order valence-corrected chi connectivity index (χ2v) is 6.70. The average molecular weight is 372 g/mol. The predicted molar refractivity (Wildman–Crippen MR) is 93.3 cm³/mol. The van der Waals surface area contributed by atoms with Gasteiger partial charge in [-0.15, -0.1) is 11.8 Å². The second kappa shape index (κ2) is 6.96. The van der Waals surface area contributed by atoms with E-state index in [9.17, 15) is 29.6 Å². The van der Waals surface area contributed by atoms with Crippen LogP contribution in [0.15, 0.2) is 53.4 Å². The van der Waals surface area contributed by atoms with Crippen molar-refractivity contribution in [1.82, 2.24) is 0 Å². The number of hydrogen-bond acceptors (Lipinski definition) is 6. The summed E-state index contributed by atoms with van der Waals surface area (Å²) in [5.74, 6) is -2.03. The third-order valence-electron chi connectivity index (χ3n) is 3.81. The van der Waals surface area contributed by atoms with E-state index < -0.39 is 28.0 Å². The van der Waals surface area contributed by atoms with E-state index in [1.807, 2.05) is 0 Å². The van der Waals surface area contributed by atoms with E-state index in [2.05, 4.69) is 0 Å². The van der Waals surface area contributed by atoms with E-state index in [1.165, 1.54) is 30.3 Å². The van der Waals surface area contributed by atoms with Crippen molar-refractivity contribution in [2.75, 3.05) is 4.90 Å². The molecule has 8 nitrogen and oxygen atoms in total. The fourth-order valence-corrected chi connectivity index (χ4v) is 3.77. The monoisotopic (exact) mass is 372 g/mol. The normalized spacial score (nSPS) is 16.8. The number of carbonyl (C=O) groups is 3. The highest BCUT2D eigenvalue weighted by atomic mass is 32.2. The van der Waals surface area contributed by atoms with Gasteiger partial charge in [0.1, 0.15) is 0 Å². The molecule has 1 atom stereocenters. The van der Waals surface area contributed by atoms with Crippen LogP contribution in [0, 0.1) is 10.1 Å². The first-order chi connectivity index (χ1) is 12.4. The average Bonchev–Trinajstić information content (AvgIpc) is 2.89. The molecule has 1 fully saturated rings. The standard InChI is InChI=1S/C17H12N2O6S/c20-15-9-14(26-13-4-2-1-3-12(13)17(22)23)16(21)18(15)10-5-7-11(8-6-10)19(24)25/h1-8,14H,9H2,(H,22,23). The summed E-state index contributed by atoms with van der Waals surface area (Å²) in [6.45, 7) is 0. The van der Waals surface area contributed by atoms with Crippen LogP contribution in [-0.4, -0.2) is 33.1 Å². The molecule has 26 heavy (non-hydrogen) atoms. The third kappa shape index (κ3) is 3.29. The van der Waals surface area contributed by atoms with Gasteiger partial charge in [0.05, 0.1) is 21.4 Å². The molecule has 1 aliphatic heterocycles. The number of imide groups is 1. The molecule has 132 valence electrons. The van der Waals surface area contributed by atoms with E-state index >= 15 is 0 Å². The van der Waals surface area contributed by atoms with Gasteiger partial charge in [-0.25, -0.2) is 9.69 Å². The minimum atomic E-state index is -1.11. The number of nitro benzene ring substituents is 1. The molecule has 2 aromatic carbocycles. The second-order valence-electron chi connectivity index (χ2n) is 5.45. The van der Waals surface area contributed by atoms with Crippen LogP contribution >= 0.6 is 11.8 Å². The van der Waals surface area contributed by atoms with Gasteiger partial charge >= 0.3 is 5.97 Å². The summed E-state index contributed by atoms with van der Waals surface area (Å²) in [4.78, 5) is 47.7. The fourth-order valence-electron chi connectivity index (χ4n) is 2.59.